The monoisotopic (exact) mass is 414 g/mol. The number of nitrogens with one attached hydrogen (secondary N) is 1. The standard InChI is InChI=1S/C22H34N6O2/c1-21(2,3)17-7-8-19(29)28(25-17)14-11-26-9-12-27(13-10-26)20(30)16-15-18(24-23-16)22(4,5)6/h7-8,15H,9-14H2,1-6H3,(H,23,24). The van der Waals surface area contributed by atoms with Crippen LogP contribution < -0.4 is 5.56 Å². The molecule has 1 N–H and O–H groups in total. The van der Waals surface area contributed by atoms with Gasteiger partial charge in [-0.25, -0.2) is 4.68 Å². The third kappa shape index (κ3) is 5.16. The summed E-state index contributed by atoms with van der Waals surface area (Å²) in [6.07, 6.45) is 0. The van der Waals surface area contributed by atoms with Crippen molar-refractivity contribution in [1.29, 1.82) is 0 Å². The quantitative estimate of drug-likeness (QED) is 0.827. The van der Waals surface area contributed by atoms with E-state index in [-0.39, 0.29) is 22.3 Å². The molecule has 3 rings (SSSR count). The van der Waals surface area contributed by atoms with Gasteiger partial charge in [-0.1, -0.05) is 41.5 Å². The van der Waals surface area contributed by atoms with E-state index in [4.69, 9.17) is 0 Å². The minimum atomic E-state index is -0.0967. The highest BCUT2D eigenvalue weighted by Crippen LogP contribution is 2.21. The van der Waals surface area contributed by atoms with E-state index in [2.05, 4.69) is 61.7 Å². The second-order valence-electron chi connectivity index (χ2n) is 10.1. The number of hydrogen-bond donors (Lipinski definition) is 1. The van der Waals surface area contributed by atoms with Crippen molar-refractivity contribution >= 4 is 5.91 Å². The highest BCUT2D eigenvalue weighted by molar-refractivity contribution is 5.92. The first-order chi connectivity index (χ1) is 13.9. The highest BCUT2D eigenvalue weighted by Gasteiger charge is 2.26. The van der Waals surface area contributed by atoms with Crippen molar-refractivity contribution in [2.45, 2.75) is 58.9 Å². The Morgan fingerprint density at radius 3 is 2.23 bits per heavy atom. The number of aromatic amines is 1. The van der Waals surface area contributed by atoms with Gasteiger partial charge in [-0.3, -0.25) is 19.6 Å². The molecule has 30 heavy (non-hydrogen) atoms. The van der Waals surface area contributed by atoms with E-state index < -0.39 is 0 Å². The zero-order chi connectivity index (χ0) is 22.1. The molecule has 1 aliphatic rings. The van der Waals surface area contributed by atoms with Crippen LogP contribution in [-0.4, -0.2) is 68.4 Å². The maximum atomic E-state index is 12.8. The Bertz CT molecular complexity index is 940. The second kappa shape index (κ2) is 8.34. The van der Waals surface area contributed by atoms with E-state index in [0.717, 1.165) is 31.0 Å². The molecular formula is C22H34N6O2. The minimum absolute atomic E-state index is 0.0304. The van der Waals surface area contributed by atoms with Crippen molar-refractivity contribution in [3.05, 3.63) is 45.6 Å². The molecule has 0 aromatic carbocycles. The lowest BCUT2D eigenvalue weighted by atomic mass is 9.92. The lowest BCUT2D eigenvalue weighted by Crippen LogP contribution is -2.49. The zero-order valence-electron chi connectivity index (χ0n) is 19.0. The molecule has 0 saturated carbocycles. The highest BCUT2D eigenvalue weighted by atomic mass is 16.2. The van der Waals surface area contributed by atoms with Gasteiger partial charge in [0.1, 0.15) is 5.69 Å². The number of piperazine rings is 1. The number of carbonyl (C=O) groups excluding carboxylic acids is 1. The molecular weight excluding hydrogens is 380 g/mol. The van der Waals surface area contributed by atoms with Gasteiger partial charge in [0.05, 0.1) is 12.2 Å². The fourth-order valence-electron chi connectivity index (χ4n) is 3.40. The summed E-state index contributed by atoms with van der Waals surface area (Å²) in [4.78, 5) is 29.1. The number of amides is 1. The van der Waals surface area contributed by atoms with E-state index in [1.54, 1.807) is 10.7 Å². The molecule has 1 aliphatic heterocycles. The molecule has 8 nitrogen and oxygen atoms in total. The number of aromatic nitrogens is 4. The van der Waals surface area contributed by atoms with Crippen LogP contribution in [0, 0.1) is 0 Å². The van der Waals surface area contributed by atoms with Crippen molar-refractivity contribution in [2.75, 3.05) is 32.7 Å². The Balaban J connectivity index is 1.54. The fourth-order valence-corrected chi connectivity index (χ4v) is 3.40. The molecule has 0 aliphatic carbocycles. The molecule has 164 valence electrons. The topological polar surface area (TPSA) is 87.1 Å². The average molecular weight is 415 g/mol. The van der Waals surface area contributed by atoms with Gasteiger partial charge in [0.25, 0.3) is 11.5 Å². The summed E-state index contributed by atoms with van der Waals surface area (Å²) in [5, 5.41) is 11.7. The lowest BCUT2D eigenvalue weighted by Gasteiger charge is -2.34. The van der Waals surface area contributed by atoms with Crippen molar-refractivity contribution in [3.63, 3.8) is 0 Å². The molecule has 3 heterocycles. The number of hydrogen-bond acceptors (Lipinski definition) is 5. The smallest absolute Gasteiger partial charge is 0.274 e. The Kier molecular flexibility index (Phi) is 6.17. The van der Waals surface area contributed by atoms with Crippen LogP contribution >= 0.6 is 0 Å². The third-order valence-corrected chi connectivity index (χ3v) is 5.53. The summed E-state index contributed by atoms with van der Waals surface area (Å²) in [5.74, 6) is -0.0304. The summed E-state index contributed by atoms with van der Waals surface area (Å²) in [6.45, 7) is 16.7. The third-order valence-electron chi connectivity index (χ3n) is 5.53. The molecule has 8 heteroatoms. The van der Waals surface area contributed by atoms with Gasteiger partial charge >= 0.3 is 0 Å². The first kappa shape index (κ1) is 22.2. The predicted molar refractivity (Wildman–Crippen MR) is 117 cm³/mol. The average Bonchev–Trinajstić information content (AvgIpc) is 3.17. The van der Waals surface area contributed by atoms with E-state index in [0.29, 0.717) is 25.3 Å². The summed E-state index contributed by atoms with van der Waals surface area (Å²) < 4.78 is 1.55. The predicted octanol–water partition coefficient (Wildman–Crippen LogP) is 2.02. The minimum Gasteiger partial charge on any atom is -0.335 e. The van der Waals surface area contributed by atoms with Gasteiger partial charge in [0.2, 0.25) is 0 Å². The fraction of sp³-hybridized carbons (Fsp3) is 0.636. The molecule has 0 unspecified atom stereocenters. The summed E-state index contributed by atoms with van der Waals surface area (Å²) in [5.41, 5.74) is 2.10. The Hall–Kier alpha value is -2.48. The van der Waals surface area contributed by atoms with Crippen molar-refractivity contribution in [1.82, 2.24) is 29.8 Å². The zero-order valence-corrected chi connectivity index (χ0v) is 19.0. The van der Waals surface area contributed by atoms with Crippen LogP contribution in [0.2, 0.25) is 0 Å². The molecule has 0 bridgehead atoms. The van der Waals surface area contributed by atoms with E-state index in [9.17, 15) is 9.59 Å². The molecule has 2 aromatic heterocycles. The van der Waals surface area contributed by atoms with Crippen LogP contribution in [-0.2, 0) is 17.4 Å². The molecule has 1 fully saturated rings. The maximum absolute atomic E-state index is 12.8. The van der Waals surface area contributed by atoms with Crippen LogP contribution in [0.15, 0.2) is 23.0 Å². The van der Waals surface area contributed by atoms with E-state index in [1.165, 1.54) is 0 Å². The number of carbonyl (C=O) groups is 1. The van der Waals surface area contributed by atoms with Gasteiger partial charge in [0.15, 0.2) is 0 Å². The Morgan fingerprint density at radius 1 is 1.00 bits per heavy atom. The first-order valence-electron chi connectivity index (χ1n) is 10.6. The molecule has 0 radical (unpaired) electrons. The number of H-pyrrole nitrogens is 1. The van der Waals surface area contributed by atoms with Gasteiger partial charge in [-0.2, -0.15) is 10.2 Å². The van der Waals surface area contributed by atoms with Crippen LogP contribution in [0.5, 0.6) is 0 Å². The Morgan fingerprint density at radius 2 is 1.67 bits per heavy atom. The van der Waals surface area contributed by atoms with Crippen molar-refractivity contribution in [3.8, 4) is 0 Å². The van der Waals surface area contributed by atoms with Crippen LogP contribution in [0.1, 0.15) is 63.4 Å². The first-order valence-corrected chi connectivity index (χ1v) is 10.6. The SMILES string of the molecule is CC(C)(C)c1ccc(=O)n(CCN2CCN(C(=O)c3cc(C(C)(C)C)[nH]n3)CC2)n1. The molecule has 0 spiro atoms. The van der Waals surface area contributed by atoms with Crippen LogP contribution in [0.4, 0.5) is 0 Å². The normalized spacial score (nSPS) is 16.1. The summed E-state index contributed by atoms with van der Waals surface area (Å²) in [6, 6.07) is 5.26. The summed E-state index contributed by atoms with van der Waals surface area (Å²) in [7, 11) is 0. The molecule has 1 saturated heterocycles. The summed E-state index contributed by atoms with van der Waals surface area (Å²) >= 11 is 0. The van der Waals surface area contributed by atoms with Crippen molar-refractivity contribution in [2.24, 2.45) is 0 Å². The van der Waals surface area contributed by atoms with E-state index >= 15 is 0 Å². The van der Waals surface area contributed by atoms with Gasteiger partial charge in [0, 0.05) is 55.3 Å². The molecule has 0 atom stereocenters. The van der Waals surface area contributed by atoms with Crippen LogP contribution in [0.3, 0.4) is 0 Å². The largest absolute Gasteiger partial charge is 0.335 e. The van der Waals surface area contributed by atoms with Gasteiger partial charge in [-0.05, 0) is 12.1 Å². The van der Waals surface area contributed by atoms with Crippen molar-refractivity contribution < 1.29 is 4.79 Å². The number of nitrogens with zero attached hydrogens (tertiary/aromatic N) is 5. The Labute approximate surface area is 178 Å². The van der Waals surface area contributed by atoms with Crippen LogP contribution in [0.25, 0.3) is 0 Å². The van der Waals surface area contributed by atoms with Gasteiger partial charge in [-0.15, -0.1) is 0 Å². The molecule has 1 amide bonds. The second-order valence-corrected chi connectivity index (χ2v) is 10.1. The van der Waals surface area contributed by atoms with Gasteiger partial charge < -0.3 is 4.90 Å². The lowest BCUT2D eigenvalue weighted by molar-refractivity contribution is 0.0625. The van der Waals surface area contributed by atoms with E-state index in [1.807, 2.05) is 17.0 Å². The number of rotatable bonds is 4. The molecule has 2 aromatic rings. The maximum Gasteiger partial charge on any atom is 0.274 e.